The second kappa shape index (κ2) is 4.93. The van der Waals surface area contributed by atoms with Crippen LogP contribution in [0.15, 0.2) is 27.7 Å². The summed E-state index contributed by atoms with van der Waals surface area (Å²) in [7, 11) is 0. The highest BCUT2D eigenvalue weighted by molar-refractivity contribution is 9.10. The van der Waals surface area contributed by atoms with Gasteiger partial charge in [0.25, 0.3) is 0 Å². The van der Waals surface area contributed by atoms with Gasteiger partial charge in [-0.25, -0.2) is 10.2 Å². The number of aliphatic imine (C=N–C) groups is 1. The number of rotatable bonds is 1. The van der Waals surface area contributed by atoms with Gasteiger partial charge in [-0.3, -0.25) is 4.99 Å². The Balaban J connectivity index is 3.30. The monoisotopic (exact) mass is 287 g/mol. The molecular formula is C11H15BrFN3. The number of benzene rings is 1. The van der Waals surface area contributed by atoms with E-state index in [4.69, 9.17) is 5.84 Å². The third-order valence-electron chi connectivity index (χ3n) is 1.78. The van der Waals surface area contributed by atoms with Crippen LogP contribution >= 0.6 is 15.9 Å². The van der Waals surface area contributed by atoms with Crippen LogP contribution in [0.25, 0.3) is 0 Å². The summed E-state index contributed by atoms with van der Waals surface area (Å²) in [6.45, 7) is 5.75. The fourth-order valence-electron chi connectivity index (χ4n) is 1.22. The maximum atomic E-state index is 13.7. The number of nitrogens with one attached hydrogen (secondary N) is 1. The van der Waals surface area contributed by atoms with Gasteiger partial charge in [-0.2, -0.15) is 0 Å². The first kappa shape index (κ1) is 13.1. The Morgan fingerprint density at radius 3 is 2.50 bits per heavy atom. The maximum Gasteiger partial charge on any atom is 0.147 e. The maximum absolute atomic E-state index is 13.7. The Hall–Kier alpha value is -0.940. The minimum absolute atomic E-state index is 0.330. The number of hydrazine groups is 1. The van der Waals surface area contributed by atoms with Crippen molar-refractivity contribution in [3.05, 3.63) is 34.1 Å². The topological polar surface area (TPSA) is 50.4 Å². The second-order valence-corrected chi connectivity index (χ2v) is 5.23. The van der Waals surface area contributed by atoms with E-state index in [2.05, 4.69) is 26.3 Å². The molecule has 1 rings (SSSR count). The zero-order valence-electron chi connectivity index (χ0n) is 9.51. The third kappa shape index (κ3) is 3.28. The molecule has 1 aromatic carbocycles. The number of halogens is 2. The van der Waals surface area contributed by atoms with Gasteiger partial charge < -0.3 is 5.43 Å². The number of hydrogen-bond donors (Lipinski definition) is 2. The number of nitrogens with zero attached hydrogens (tertiary/aromatic N) is 1. The van der Waals surface area contributed by atoms with Crippen LogP contribution < -0.4 is 11.3 Å². The molecule has 0 atom stereocenters. The van der Waals surface area contributed by atoms with Crippen LogP contribution in [0.4, 0.5) is 4.39 Å². The van der Waals surface area contributed by atoms with Crippen LogP contribution in [0.1, 0.15) is 26.3 Å². The molecule has 0 unspecified atom stereocenters. The van der Waals surface area contributed by atoms with Crippen molar-refractivity contribution in [1.29, 1.82) is 0 Å². The Bertz CT molecular complexity index is 390. The molecular weight excluding hydrogens is 273 g/mol. The Kier molecular flexibility index (Phi) is 4.04. The number of amidine groups is 1. The lowest BCUT2D eigenvalue weighted by atomic mass is 10.1. The summed E-state index contributed by atoms with van der Waals surface area (Å²) in [5.74, 6) is 5.35. The highest BCUT2D eigenvalue weighted by Crippen LogP contribution is 2.21. The van der Waals surface area contributed by atoms with E-state index in [9.17, 15) is 4.39 Å². The molecule has 0 amide bonds. The van der Waals surface area contributed by atoms with Crippen molar-refractivity contribution >= 4 is 21.8 Å². The Morgan fingerprint density at radius 2 is 2.06 bits per heavy atom. The second-order valence-electron chi connectivity index (χ2n) is 4.37. The van der Waals surface area contributed by atoms with Gasteiger partial charge >= 0.3 is 0 Å². The molecule has 5 heteroatoms. The summed E-state index contributed by atoms with van der Waals surface area (Å²) < 4.78 is 14.3. The minimum Gasteiger partial charge on any atom is -0.308 e. The lowest BCUT2D eigenvalue weighted by Gasteiger charge is -2.16. The van der Waals surface area contributed by atoms with Crippen LogP contribution in [0.2, 0.25) is 0 Å². The first-order valence-corrected chi connectivity index (χ1v) is 5.65. The Labute approximate surface area is 103 Å². The summed E-state index contributed by atoms with van der Waals surface area (Å²) >= 11 is 3.28. The molecule has 0 heterocycles. The van der Waals surface area contributed by atoms with Crippen LogP contribution in [0.3, 0.4) is 0 Å². The molecule has 0 spiro atoms. The van der Waals surface area contributed by atoms with Crippen molar-refractivity contribution < 1.29 is 4.39 Å². The molecule has 0 radical (unpaired) electrons. The standard InChI is InChI=1S/C11H15BrFN3/c1-11(2,3)15-10(16-14)9-7(12)5-4-6-8(9)13/h4-6H,14H2,1-3H3,(H,15,16). The van der Waals surface area contributed by atoms with Crippen molar-refractivity contribution in [2.75, 3.05) is 0 Å². The summed E-state index contributed by atoms with van der Waals surface area (Å²) in [4.78, 5) is 4.33. The molecule has 0 aliphatic rings. The summed E-state index contributed by atoms with van der Waals surface area (Å²) in [5.41, 5.74) is 2.45. The van der Waals surface area contributed by atoms with Crippen LogP contribution in [0, 0.1) is 5.82 Å². The SMILES string of the molecule is CC(C)(C)N=C(NN)c1c(F)cccc1Br. The molecule has 1 aromatic rings. The molecule has 0 saturated heterocycles. The first-order chi connectivity index (χ1) is 7.35. The molecule has 0 saturated carbocycles. The average Bonchev–Trinajstić information content (AvgIpc) is 2.14. The normalized spacial score (nSPS) is 12.8. The highest BCUT2D eigenvalue weighted by atomic mass is 79.9. The average molecular weight is 288 g/mol. The van der Waals surface area contributed by atoms with Crippen molar-refractivity contribution in [3.8, 4) is 0 Å². The van der Waals surface area contributed by atoms with E-state index in [0.29, 0.717) is 15.9 Å². The molecule has 16 heavy (non-hydrogen) atoms. The fourth-order valence-corrected chi connectivity index (χ4v) is 1.75. The molecule has 0 aromatic heterocycles. The largest absolute Gasteiger partial charge is 0.308 e. The quantitative estimate of drug-likeness (QED) is 0.361. The van der Waals surface area contributed by atoms with E-state index in [1.165, 1.54) is 6.07 Å². The van der Waals surface area contributed by atoms with Gasteiger partial charge in [0.1, 0.15) is 11.7 Å². The molecule has 3 N–H and O–H groups in total. The van der Waals surface area contributed by atoms with Crippen LogP contribution in [-0.4, -0.2) is 11.4 Å². The molecule has 3 nitrogen and oxygen atoms in total. The van der Waals surface area contributed by atoms with E-state index < -0.39 is 0 Å². The van der Waals surface area contributed by atoms with E-state index in [1.807, 2.05) is 20.8 Å². The predicted molar refractivity (Wildman–Crippen MR) is 67.7 cm³/mol. The van der Waals surface area contributed by atoms with Gasteiger partial charge in [-0.1, -0.05) is 6.07 Å². The molecule has 88 valence electrons. The molecule has 0 aliphatic carbocycles. The number of hydrogen-bond acceptors (Lipinski definition) is 2. The van der Waals surface area contributed by atoms with E-state index >= 15 is 0 Å². The zero-order chi connectivity index (χ0) is 12.3. The lowest BCUT2D eigenvalue weighted by molar-refractivity contribution is 0.577. The minimum atomic E-state index is -0.365. The lowest BCUT2D eigenvalue weighted by Crippen LogP contribution is -2.34. The van der Waals surface area contributed by atoms with Gasteiger partial charge in [0.05, 0.1) is 11.1 Å². The summed E-state index contributed by atoms with van der Waals surface area (Å²) in [5, 5.41) is 0. The van der Waals surface area contributed by atoms with Crippen LogP contribution in [-0.2, 0) is 0 Å². The summed E-state index contributed by atoms with van der Waals surface area (Å²) in [6, 6.07) is 4.73. The molecule has 0 bridgehead atoms. The highest BCUT2D eigenvalue weighted by Gasteiger charge is 2.16. The molecule has 0 fully saturated rings. The van der Waals surface area contributed by atoms with Gasteiger partial charge in [0.2, 0.25) is 0 Å². The van der Waals surface area contributed by atoms with E-state index in [0.717, 1.165) is 0 Å². The zero-order valence-corrected chi connectivity index (χ0v) is 11.1. The van der Waals surface area contributed by atoms with Crippen molar-refractivity contribution in [1.82, 2.24) is 5.43 Å². The third-order valence-corrected chi connectivity index (χ3v) is 2.44. The van der Waals surface area contributed by atoms with Gasteiger partial charge in [-0.05, 0) is 48.8 Å². The van der Waals surface area contributed by atoms with Crippen molar-refractivity contribution in [2.24, 2.45) is 10.8 Å². The fraction of sp³-hybridized carbons (Fsp3) is 0.364. The van der Waals surface area contributed by atoms with Crippen molar-refractivity contribution in [3.63, 3.8) is 0 Å². The van der Waals surface area contributed by atoms with Gasteiger partial charge in [-0.15, -0.1) is 0 Å². The van der Waals surface area contributed by atoms with Gasteiger partial charge in [0, 0.05) is 4.47 Å². The Morgan fingerprint density at radius 1 is 1.44 bits per heavy atom. The van der Waals surface area contributed by atoms with Crippen LogP contribution in [0.5, 0.6) is 0 Å². The molecule has 0 aliphatic heterocycles. The smallest absolute Gasteiger partial charge is 0.147 e. The van der Waals surface area contributed by atoms with E-state index in [1.54, 1.807) is 12.1 Å². The summed E-state index contributed by atoms with van der Waals surface area (Å²) in [6.07, 6.45) is 0. The number of nitrogens with two attached hydrogens (primary N) is 1. The van der Waals surface area contributed by atoms with Crippen molar-refractivity contribution in [2.45, 2.75) is 26.3 Å². The first-order valence-electron chi connectivity index (χ1n) is 4.86. The van der Waals surface area contributed by atoms with E-state index in [-0.39, 0.29) is 11.4 Å². The van der Waals surface area contributed by atoms with Gasteiger partial charge in [0.15, 0.2) is 0 Å². The predicted octanol–water partition coefficient (Wildman–Crippen LogP) is 2.60.